The third-order valence-corrected chi connectivity index (χ3v) is 7.55. The van der Waals surface area contributed by atoms with Crippen LogP contribution in [0.25, 0.3) is 11.0 Å². The molecule has 3 aromatic heterocycles. The first kappa shape index (κ1) is 20.2. The fourth-order valence-electron chi connectivity index (χ4n) is 6.15. The van der Waals surface area contributed by atoms with E-state index < -0.39 is 0 Å². The summed E-state index contributed by atoms with van der Waals surface area (Å²) in [6.45, 7) is 4.59. The van der Waals surface area contributed by atoms with Gasteiger partial charge in [0.25, 0.3) is 5.56 Å². The van der Waals surface area contributed by atoms with Gasteiger partial charge in [-0.2, -0.15) is 10.2 Å². The number of hydrogen-bond acceptors (Lipinski definition) is 7. The van der Waals surface area contributed by atoms with Crippen LogP contribution in [0.4, 0.5) is 17.5 Å². The lowest BCUT2D eigenvalue weighted by atomic mass is 9.58. The minimum atomic E-state index is -0.266. The lowest BCUT2D eigenvalue weighted by Gasteiger charge is -2.59. The van der Waals surface area contributed by atoms with Gasteiger partial charge in [-0.1, -0.05) is 19.8 Å². The third-order valence-electron chi connectivity index (χ3n) is 7.55. The Hall–Kier alpha value is -3.47. The minimum absolute atomic E-state index is 0.0759. The Bertz CT molecular complexity index is 1300. The number of hydrogen-bond donors (Lipinski definition) is 1. The second kappa shape index (κ2) is 7.55. The van der Waals surface area contributed by atoms with Crippen molar-refractivity contribution < 1.29 is 0 Å². The van der Waals surface area contributed by atoms with E-state index in [0.717, 1.165) is 50.4 Å². The van der Waals surface area contributed by atoms with Crippen LogP contribution in [0, 0.1) is 22.7 Å². The third kappa shape index (κ3) is 3.43. The van der Waals surface area contributed by atoms with Crippen molar-refractivity contribution >= 4 is 28.5 Å². The van der Waals surface area contributed by atoms with Crippen molar-refractivity contribution in [1.82, 2.24) is 19.5 Å². The van der Waals surface area contributed by atoms with Gasteiger partial charge in [-0.15, -0.1) is 0 Å². The van der Waals surface area contributed by atoms with Crippen LogP contribution in [-0.4, -0.2) is 32.6 Å². The molecule has 8 heteroatoms. The summed E-state index contributed by atoms with van der Waals surface area (Å²) < 4.78 is 1.70. The van der Waals surface area contributed by atoms with Gasteiger partial charge in [0.1, 0.15) is 23.1 Å². The first-order valence-corrected chi connectivity index (χ1v) is 11.8. The molecule has 1 aliphatic heterocycles. The molecule has 168 valence electrons. The van der Waals surface area contributed by atoms with Gasteiger partial charge in [-0.3, -0.25) is 9.36 Å². The highest BCUT2D eigenvalue weighted by Gasteiger charge is 2.50. The predicted octanol–water partition coefficient (Wildman–Crippen LogP) is 4.15. The zero-order valence-electron chi connectivity index (χ0n) is 18.8. The molecule has 2 saturated carbocycles. The van der Waals surface area contributed by atoms with E-state index in [2.05, 4.69) is 38.2 Å². The van der Waals surface area contributed by atoms with Crippen LogP contribution in [0.15, 0.2) is 35.4 Å². The summed E-state index contributed by atoms with van der Waals surface area (Å²) in [5.41, 5.74) is 2.14. The van der Waals surface area contributed by atoms with E-state index in [-0.39, 0.29) is 17.2 Å². The van der Waals surface area contributed by atoms with Crippen molar-refractivity contribution in [2.45, 2.75) is 51.5 Å². The first-order valence-electron chi connectivity index (χ1n) is 11.8. The Morgan fingerprint density at radius 3 is 2.61 bits per heavy atom. The van der Waals surface area contributed by atoms with Crippen LogP contribution in [0.3, 0.4) is 0 Å². The maximum absolute atomic E-state index is 12.9. The molecule has 0 amide bonds. The predicted molar refractivity (Wildman–Crippen MR) is 127 cm³/mol. The van der Waals surface area contributed by atoms with Crippen molar-refractivity contribution in [1.29, 1.82) is 5.26 Å². The zero-order chi connectivity index (χ0) is 22.6. The molecule has 33 heavy (non-hydrogen) atoms. The number of nitrogens with one attached hydrogen (secondary N) is 1. The Morgan fingerprint density at radius 2 is 1.94 bits per heavy atom. The number of rotatable bonds is 4. The molecule has 0 unspecified atom stereocenters. The van der Waals surface area contributed by atoms with Crippen LogP contribution < -0.4 is 15.8 Å². The summed E-state index contributed by atoms with van der Waals surface area (Å²) in [5, 5.41) is 13.3. The highest BCUT2D eigenvalue weighted by molar-refractivity contribution is 5.77. The van der Waals surface area contributed by atoms with Crippen LogP contribution in [-0.2, 0) is 0 Å². The van der Waals surface area contributed by atoms with Gasteiger partial charge in [0, 0.05) is 36.1 Å². The van der Waals surface area contributed by atoms with Crippen LogP contribution in [0.5, 0.6) is 0 Å². The first-order chi connectivity index (χ1) is 16.0. The van der Waals surface area contributed by atoms with E-state index in [0.29, 0.717) is 28.2 Å². The Balaban J connectivity index is 1.25. The maximum atomic E-state index is 12.9. The van der Waals surface area contributed by atoms with Gasteiger partial charge >= 0.3 is 0 Å². The number of nitriles is 1. The molecular formula is C25H27N7O. The van der Waals surface area contributed by atoms with E-state index in [4.69, 9.17) is 0 Å². The average molecular weight is 442 g/mol. The molecular weight excluding hydrogens is 414 g/mol. The number of aromatic nitrogens is 4. The fraction of sp³-hybridized carbons (Fsp3) is 0.480. The van der Waals surface area contributed by atoms with Crippen molar-refractivity contribution in [3.8, 4) is 6.07 Å². The average Bonchev–Trinajstić information content (AvgIpc) is 3.30. The standard InChI is InChI=1S/C25H27N7O/c1-16-9-25(10-16)14-31(15-25)20-6-7-21(27-13-20)29-24-28-12-18-8-17(11-26)23(33)32(22(18)30-24)19-4-2-3-5-19/h6-8,12-13,16,19H,2-5,9-10,14-15H2,1H3,(H,27,28,29,30). The van der Waals surface area contributed by atoms with E-state index in [1.165, 1.54) is 12.8 Å². The van der Waals surface area contributed by atoms with Crippen LogP contribution in [0.2, 0.25) is 0 Å². The Kier molecular flexibility index (Phi) is 4.61. The molecule has 2 aliphatic carbocycles. The molecule has 3 aromatic rings. The summed E-state index contributed by atoms with van der Waals surface area (Å²) in [6, 6.07) is 7.71. The SMILES string of the molecule is CC1CC2(C1)CN(c1ccc(Nc3ncc4cc(C#N)c(=O)n(C5CCCC5)c4n3)nc1)C2. The second-order valence-electron chi connectivity index (χ2n) is 10.2. The van der Waals surface area contributed by atoms with Gasteiger partial charge in [0.05, 0.1) is 11.9 Å². The number of nitrogens with zero attached hydrogens (tertiary/aromatic N) is 6. The molecule has 4 heterocycles. The highest BCUT2D eigenvalue weighted by Crippen LogP contribution is 2.52. The van der Waals surface area contributed by atoms with Crippen molar-refractivity contribution in [3.63, 3.8) is 0 Å². The van der Waals surface area contributed by atoms with Gasteiger partial charge in [0.2, 0.25) is 5.95 Å². The molecule has 1 saturated heterocycles. The number of pyridine rings is 2. The van der Waals surface area contributed by atoms with Gasteiger partial charge < -0.3 is 10.2 Å². The molecule has 1 spiro atoms. The topological polar surface area (TPSA) is 99.7 Å². The lowest BCUT2D eigenvalue weighted by molar-refractivity contribution is 0.0337. The summed E-state index contributed by atoms with van der Waals surface area (Å²) in [6.07, 6.45) is 10.3. The van der Waals surface area contributed by atoms with E-state index in [1.807, 2.05) is 18.3 Å². The Morgan fingerprint density at radius 1 is 1.15 bits per heavy atom. The largest absolute Gasteiger partial charge is 0.369 e. The molecule has 6 rings (SSSR count). The van der Waals surface area contributed by atoms with Crippen molar-refractivity contribution in [2.24, 2.45) is 11.3 Å². The fourth-order valence-corrected chi connectivity index (χ4v) is 6.15. The Labute approximate surface area is 192 Å². The summed E-state index contributed by atoms with van der Waals surface area (Å²) in [7, 11) is 0. The molecule has 3 fully saturated rings. The summed E-state index contributed by atoms with van der Waals surface area (Å²) >= 11 is 0. The molecule has 1 N–H and O–H groups in total. The summed E-state index contributed by atoms with van der Waals surface area (Å²) in [4.78, 5) is 29.0. The monoisotopic (exact) mass is 441 g/mol. The quantitative estimate of drug-likeness (QED) is 0.649. The number of fused-ring (bicyclic) bond motifs is 1. The maximum Gasteiger partial charge on any atom is 0.270 e. The van der Waals surface area contributed by atoms with Gasteiger partial charge in [-0.25, -0.2) is 9.97 Å². The smallest absolute Gasteiger partial charge is 0.270 e. The number of anilines is 3. The molecule has 3 aliphatic rings. The highest BCUT2D eigenvalue weighted by atomic mass is 16.1. The molecule has 0 atom stereocenters. The minimum Gasteiger partial charge on any atom is -0.369 e. The second-order valence-corrected chi connectivity index (χ2v) is 10.2. The van der Waals surface area contributed by atoms with Gasteiger partial charge in [0.15, 0.2) is 0 Å². The molecule has 0 bridgehead atoms. The molecule has 0 aromatic carbocycles. The molecule has 0 radical (unpaired) electrons. The van der Waals surface area contributed by atoms with Crippen molar-refractivity contribution in [2.75, 3.05) is 23.3 Å². The zero-order valence-corrected chi connectivity index (χ0v) is 18.8. The van der Waals surface area contributed by atoms with E-state index >= 15 is 0 Å². The van der Waals surface area contributed by atoms with Gasteiger partial charge in [-0.05, 0) is 49.8 Å². The van der Waals surface area contributed by atoms with E-state index in [9.17, 15) is 10.1 Å². The normalized spacial score (nSPS) is 19.9. The van der Waals surface area contributed by atoms with Crippen molar-refractivity contribution in [3.05, 3.63) is 46.5 Å². The summed E-state index contributed by atoms with van der Waals surface area (Å²) in [5.74, 6) is 1.93. The van der Waals surface area contributed by atoms with E-state index in [1.54, 1.807) is 16.8 Å². The van der Waals surface area contributed by atoms with Crippen LogP contribution in [0.1, 0.15) is 57.1 Å². The molecule has 8 nitrogen and oxygen atoms in total. The van der Waals surface area contributed by atoms with Crippen LogP contribution >= 0.6 is 0 Å². The lowest BCUT2D eigenvalue weighted by Crippen LogP contribution is -2.62.